The van der Waals surface area contributed by atoms with E-state index >= 15 is 0 Å². The Morgan fingerprint density at radius 2 is 1.51 bits per heavy atom. The van der Waals surface area contributed by atoms with Gasteiger partial charge in [-0.05, 0) is 42.7 Å². The Labute approximate surface area is 239 Å². The summed E-state index contributed by atoms with van der Waals surface area (Å²) < 4.78 is 65.7. The van der Waals surface area contributed by atoms with Crippen molar-refractivity contribution in [2.24, 2.45) is 0 Å². The zero-order valence-corrected chi connectivity index (χ0v) is 23.8. The van der Waals surface area contributed by atoms with E-state index in [0.29, 0.717) is 6.54 Å². The Bertz CT molecular complexity index is 1400. The van der Waals surface area contributed by atoms with Gasteiger partial charge in [-0.15, -0.1) is 0 Å². The highest BCUT2D eigenvalue weighted by molar-refractivity contribution is 7.92. The third-order valence-corrected chi connectivity index (χ3v) is 7.63. The predicted octanol–water partition coefficient (Wildman–Crippen LogP) is 5.03. The highest BCUT2D eigenvalue weighted by Gasteiger charge is 2.32. The summed E-state index contributed by atoms with van der Waals surface area (Å²) in [5, 5.41) is 2.81. The number of likely N-dealkylation sites (N-methyl/N-ethyl adjacent to an activating group) is 1. The van der Waals surface area contributed by atoms with Crippen molar-refractivity contribution in [3.8, 4) is 0 Å². The minimum atomic E-state index is -4.64. The van der Waals surface area contributed by atoms with Crippen LogP contribution in [0.1, 0.15) is 36.5 Å². The maximum absolute atomic E-state index is 13.7. The number of nitrogens with one attached hydrogen (secondary N) is 1. The van der Waals surface area contributed by atoms with Gasteiger partial charge in [-0.25, -0.2) is 8.42 Å². The largest absolute Gasteiger partial charge is 0.416 e. The van der Waals surface area contributed by atoms with Crippen LogP contribution < -0.4 is 9.62 Å². The first-order chi connectivity index (χ1) is 19.4. The average molecular weight is 590 g/mol. The van der Waals surface area contributed by atoms with E-state index < -0.39 is 27.8 Å². The lowest BCUT2D eigenvalue weighted by Gasteiger charge is -2.32. The molecule has 0 aliphatic rings. The summed E-state index contributed by atoms with van der Waals surface area (Å²) in [6.45, 7) is 2.10. The minimum absolute atomic E-state index is 0.0287. The number of halogens is 3. The molecular weight excluding hydrogens is 555 g/mol. The maximum atomic E-state index is 13.7. The summed E-state index contributed by atoms with van der Waals surface area (Å²) in [6.07, 6.45) is -3.56. The van der Waals surface area contributed by atoms with E-state index in [9.17, 15) is 31.2 Å². The number of hydrogen-bond donors (Lipinski definition) is 1. The maximum Gasteiger partial charge on any atom is 0.416 e. The van der Waals surface area contributed by atoms with Crippen molar-refractivity contribution in [3.05, 3.63) is 102 Å². The Kier molecular flexibility index (Phi) is 10.9. The van der Waals surface area contributed by atoms with Crippen LogP contribution in [0.2, 0.25) is 0 Å². The molecule has 1 atom stereocenters. The molecule has 3 aromatic rings. The highest BCUT2D eigenvalue weighted by atomic mass is 32.2. The van der Waals surface area contributed by atoms with Gasteiger partial charge < -0.3 is 10.2 Å². The molecule has 0 aliphatic carbocycles. The van der Waals surface area contributed by atoms with Crippen LogP contribution in [0, 0.1) is 0 Å². The van der Waals surface area contributed by atoms with Crippen molar-refractivity contribution in [3.63, 3.8) is 0 Å². The second-order valence-corrected chi connectivity index (χ2v) is 11.5. The van der Waals surface area contributed by atoms with Gasteiger partial charge in [-0.1, -0.05) is 66.7 Å². The molecule has 0 saturated carbocycles. The number of amides is 2. The molecule has 7 nitrogen and oxygen atoms in total. The topological polar surface area (TPSA) is 86.8 Å². The number of benzene rings is 3. The number of rotatable bonds is 13. The van der Waals surface area contributed by atoms with Crippen LogP contribution in [0.15, 0.2) is 84.9 Å². The van der Waals surface area contributed by atoms with E-state index in [2.05, 4.69) is 5.32 Å². The summed E-state index contributed by atoms with van der Waals surface area (Å²) in [5.41, 5.74) is 0.562. The molecule has 3 aromatic carbocycles. The van der Waals surface area contributed by atoms with Gasteiger partial charge in [0.25, 0.3) is 0 Å². The van der Waals surface area contributed by atoms with E-state index in [1.54, 1.807) is 6.92 Å². The molecule has 3 rings (SSSR count). The molecule has 0 bridgehead atoms. The van der Waals surface area contributed by atoms with E-state index in [1.165, 1.54) is 11.0 Å². The number of hydrogen-bond acceptors (Lipinski definition) is 4. The molecule has 0 aliphatic heterocycles. The summed E-state index contributed by atoms with van der Waals surface area (Å²) in [5.74, 6) is -0.694. The van der Waals surface area contributed by atoms with Gasteiger partial charge >= 0.3 is 6.18 Å². The van der Waals surface area contributed by atoms with Crippen LogP contribution in [0.5, 0.6) is 0 Å². The smallest absolute Gasteiger partial charge is 0.355 e. The molecule has 0 radical (unpaired) electrons. The third-order valence-electron chi connectivity index (χ3n) is 6.43. The Morgan fingerprint density at radius 3 is 2.07 bits per heavy atom. The van der Waals surface area contributed by atoms with Gasteiger partial charge in [0.15, 0.2) is 0 Å². The van der Waals surface area contributed by atoms with Crippen LogP contribution in [0.3, 0.4) is 0 Å². The second kappa shape index (κ2) is 14.2. The molecule has 220 valence electrons. The molecular formula is C30H34F3N3O4S. The lowest BCUT2D eigenvalue weighted by molar-refractivity contribution is -0.141. The van der Waals surface area contributed by atoms with Gasteiger partial charge in [0, 0.05) is 32.5 Å². The van der Waals surface area contributed by atoms with Gasteiger partial charge in [0.05, 0.1) is 17.5 Å². The lowest BCUT2D eigenvalue weighted by atomic mass is 10.0. The summed E-state index contributed by atoms with van der Waals surface area (Å²) in [4.78, 5) is 28.4. The van der Waals surface area contributed by atoms with Gasteiger partial charge in [0.1, 0.15) is 6.04 Å². The molecule has 41 heavy (non-hydrogen) atoms. The van der Waals surface area contributed by atoms with Gasteiger partial charge in [-0.3, -0.25) is 13.9 Å². The highest BCUT2D eigenvalue weighted by Crippen LogP contribution is 2.32. The second-order valence-electron chi connectivity index (χ2n) is 9.59. The van der Waals surface area contributed by atoms with E-state index in [4.69, 9.17) is 0 Å². The fraction of sp³-hybridized carbons (Fsp3) is 0.333. The van der Waals surface area contributed by atoms with Gasteiger partial charge in [0.2, 0.25) is 21.8 Å². The SMILES string of the molecule is CCNC(=O)[C@H](Cc1ccccc1)N(Cc1ccccc1)C(=O)CCCN(c1cccc(C(F)(F)F)c1)S(C)(=O)=O. The zero-order valence-electron chi connectivity index (χ0n) is 23.0. The first kappa shape index (κ1) is 31.7. The molecule has 0 fully saturated rings. The third kappa shape index (κ3) is 9.34. The molecule has 0 saturated heterocycles. The Morgan fingerprint density at radius 1 is 0.902 bits per heavy atom. The molecule has 0 heterocycles. The van der Waals surface area contributed by atoms with Crippen molar-refractivity contribution in [1.82, 2.24) is 10.2 Å². The zero-order chi connectivity index (χ0) is 30.0. The van der Waals surface area contributed by atoms with Crippen LogP contribution in [-0.2, 0) is 38.8 Å². The quantitative estimate of drug-likeness (QED) is 0.303. The predicted molar refractivity (Wildman–Crippen MR) is 152 cm³/mol. The normalized spacial score (nSPS) is 12.4. The van der Waals surface area contributed by atoms with E-state index in [-0.39, 0.29) is 49.9 Å². The van der Waals surface area contributed by atoms with Crippen molar-refractivity contribution in [2.45, 2.75) is 44.9 Å². The molecule has 1 N–H and O–H groups in total. The number of alkyl halides is 3. The summed E-state index contributed by atoms with van der Waals surface area (Å²) in [7, 11) is -3.95. The van der Waals surface area contributed by atoms with Crippen LogP contribution in [-0.4, -0.2) is 50.5 Å². The van der Waals surface area contributed by atoms with E-state index in [0.717, 1.165) is 39.9 Å². The lowest BCUT2D eigenvalue weighted by Crippen LogP contribution is -2.50. The summed E-state index contributed by atoms with van der Waals surface area (Å²) in [6, 6.07) is 21.7. The standard InChI is InChI=1S/C30H34F3N3O4S/c1-3-34-29(38)27(20-23-12-6-4-7-13-23)35(22-24-14-8-5-9-15-24)28(37)18-11-19-36(41(2,39)40)26-17-10-16-25(21-26)30(31,32)33/h4-10,12-17,21,27H,3,11,18-20,22H2,1-2H3,(H,34,38)/t27-/m0/s1. The monoisotopic (exact) mass is 589 g/mol. The number of carbonyl (C=O) groups is 2. The number of sulfonamides is 1. The molecule has 0 spiro atoms. The number of carbonyl (C=O) groups excluding carboxylic acids is 2. The van der Waals surface area contributed by atoms with E-state index in [1.807, 2.05) is 60.7 Å². The number of anilines is 1. The Hall–Kier alpha value is -3.86. The van der Waals surface area contributed by atoms with Crippen molar-refractivity contribution in [1.29, 1.82) is 0 Å². The first-order valence-electron chi connectivity index (χ1n) is 13.2. The first-order valence-corrected chi connectivity index (χ1v) is 15.0. The Balaban J connectivity index is 1.85. The molecule has 0 aromatic heterocycles. The van der Waals surface area contributed by atoms with Crippen LogP contribution >= 0.6 is 0 Å². The van der Waals surface area contributed by atoms with Crippen LogP contribution in [0.4, 0.5) is 18.9 Å². The molecule has 2 amide bonds. The molecule has 0 unspecified atom stereocenters. The van der Waals surface area contributed by atoms with Crippen molar-refractivity contribution in [2.75, 3.05) is 23.7 Å². The van der Waals surface area contributed by atoms with Crippen molar-refractivity contribution >= 4 is 27.5 Å². The fourth-order valence-corrected chi connectivity index (χ4v) is 5.42. The van der Waals surface area contributed by atoms with Crippen molar-refractivity contribution < 1.29 is 31.2 Å². The fourth-order valence-electron chi connectivity index (χ4n) is 4.47. The summed E-state index contributed by atoms with van der Waals surface area (Å²) >= 11 is 0. The number of nitrogens with zero attached hydrogens (tertiary/aromatic N) is 2. The van der Waals surface area contributed by atoms with Gasteiger partial charge in [-0.2, -0.15) is 13.2 Å². The minimum Gasteiger partial charge on any atom is -0.355 e. The average Bonchev–Trinajstić information content (AvgIpc) is 2.93. The van der Waals surface area contributed by atoms with Crippen LogP contribution in [0.25, 0.3) is 0 Å². The molecule has 11 heteroatoms.